The lowest BCUT2D eigenvalue weighted by molar-refractivity contribution is -0.136. The molecule has 2 fully saturated rings. The minimum atomic E-state index is -1.14. The summed E-state index contributed by atoms with van der Waals surface area (Å²) in [7, 11) is 0. The van der Waals surface area contributed by atoms with Crippen molar-refractivity contribution in [3.63, 3.8) is 0 Å². The van der Waals surface area contributed by atoms with E-state index in [9.17, 15) is 18.8 Å². The first kappa shape index (κ1) is 13.2. The summed E-state index contributed by atoms with van der Waals surface area (Å²) in [5.74, 6) is -1.71. The summed E-state index contributed by atoms with van der Waals surface area (Å²) in [4.78, 5) is 36.9. The number of halogens is 2. The molecule has 0 radical (unpaired) electrons. The van der Waals surface area contributed by atoms with Gasteiger partial charge in [-0.05, 0) is 53.4 Å². The molecule has 1 saturated carbocycles. The quantitative estimate of drug-likeness (QED) is 0.797. The number of aryl methyl sites for hydroxylation is 1. The molecule has 1 aromatic carbocycles. The molecular formula is C13H10BrFN2O3. The van der Waals surface area contributed by atoms with Crippen molar-refractivity contribution in [2.45, 2.75) is 19.8 Å². The van der Waals surface area contributed by atoms with E-state index in [4.69, 9.17) is 0 Å². The maximum atomic E-state index is 13.7. The molecule has 1 spiro atoms. The monoisotopic (exact) mass is 340 g/mol. The van der Waals surface area contributed by atoms with Crippen molar-refractivity contribution >= 4 is 39.5 Å². The Bertz CT molecular complexity index is 670. The first-order chi connectivity index (χ1) is 9.36. The van der Waals surface area contributed by atoms with E-state index in [1.807, 2.05) is 0 Å². The fourth-order valence-electron chi connectivity index (χ4n) is 2.34. The van der Waals surface area contributed by atoms with E-state index >= 15 is 0 Å². The molecule has 20 heavy (non-hydrogen) atoms. The Hall–Kier alpha value is -1.76. The molecule has 0 aromatic heterocycles. The maximum absolute atomic E-state index is 13.7. The third-order valence-electron chi connectivity index (χ3n) is 3.70. The van der Waals surface area contributed by atoms with Crippen molar-refractivity contribution in [3.05, 3.63) is 28.0 Å². The lowest BCUT2D eigenvalue weighted by atomic mass is 10.0. The highest BCUT2D eigenvalue weighted by atomic mass is 79.9. The van der Waals surface area contributed by atoms with E-state index < -0.39 is 29.1 Å². The van der Waals surface area contributed by atoms with Gasteiger partial charge in [-0.3, -0.25) is 14.9 Å². The van der Waals surface area contributed by atoms with Gasteiger partial charge < -0.3 is 0 Å². The van der Waals surface area contributed by atoms with Crippen LogP contribution in [0.3, 0.4) is 0 Å². The van der Waals surface area contributed by atoms with Gasteiger partial charge in [-0.2, -0.15) is 0 Å². The van der Waals surface area contributed by atoms with Crippen LogP contribution in [0.2, 0.25) is 0 Å². The molecule has 104 valence electrons. The summed E-state index contributed by atoms with van der Waals surface area (Å²) >= 11 is 3.05. The topological polar surface area (TPSA) is 66.5 Å². The Labute approximate surface area is 122 Å². The van der Waals surface area contributed by atoms with Crippen LogP contribution in [0.25, 0.3) is 0 Å². The number of amides is 4. The Morgan fingerprint density at radius 1 is 1.30 bits per heavy atom. The van der Waals surface area contributed by atoms with Gasteiger partial charge >= 0.3 is 6.03 Å². The molecule has 7 heteroatoms. The second kappa shape index (κ2) is 4.12. The molecule has 1 aliphatic carbocycles. The number of hydrogen-bond donors (Lipinski definition) is 1. The number of rotatable bonds is 1. The number of barbiturate groups is 1. The number of carbonyl (C=O) groups excluding carboxylic acids is 3. The predicted molar refractivity (Wildman–Crippen MR) is 71.5 cm³/mol. The molecule has 2 aliphatic rings. The Kier molecular flexibility index (Phi) is 2.72. The second-order valence-electron chi connectivity index (χ2n) is 5.03. The largest absolute Gasteiger partial charge is 0.335 e. The van der Waals surface area contributed by atoms with Gasteiger partial charge in [0.15, 0.2) is 0 Å². The molecule has 3 rings (SSSR count). The van der Waals surface area contributed by atoms with E-state index in [-0.39, 0.29) is 10.2 Å². The zero-order chi connectivity index (χ0) is 14.7. The summed E-state index contributed by atoms with van der Waals surface area (Å²) in [6.45, 7) is 1.66. The van der Waals surface area contributed by atoms with Crippen LogP contribution in [0, 0.1) is 18.2 Å². The highest BCUT2D eigenvalue weighted by Gasteiger charge is 2.62. The number of hydrogen-bond acceptors (Lipinski definition) is 3. The van der Waals surface area contributed by atoms with Crippen LogP contribution >= 0.6 is 15.9 Å². The van der Waals surface area contributed by atoms with Crippen LogP contribution in [-0.2, 0) is 9.59 Å². The van der Waals surface area contributed by atoms with Crippen molar-refractivity contribution in [1.82, 2.24) is 5.32 Å². The summed E-state index contributed by atoms with van der Waals surface area (Å²) < 4.78 is 13.9. The molecule has 1 aromatic rings. The molecule has 0 bridgehead atoms. The summed E-state index contributed by atoms with van der Waals surface area (Å²) in [5.41, 5.74) is -0.414. The molecule has 1 aliphatic heterocycles. The van der Waals surface area contributed by atoms with Gasteiger partial charge in [-0.15, -0.1) is 0 Å². The van der Waals surface area contributed by atoms with Crippen LogP contribution in [0.5, 0.6) is 0 Å². The number of nitrogens with one attached hydrogen (secondary N) is 1. The fraction of sp³-hybridized carbons (Fsp3) is 0.308. The van der Waals surface area contributed by atoms with Gasteiger partial charge in [0, 0.05) is 0 Å². The van der Waals surface area contributed by atoms with Crippen molar-refractivity contribution in [2.75, 3.05) is 4.90 Å². The van der Waals surface area contributed by atoms with E-state index in [2.05, 4.69) is 21.2 Å². The normalized spacial score (nSPS) is 20.4. The first-order valence-electron chi connectivity index (χ1n) is 6.02. The zero-order valence-electron chi connectivity index (χ0n) is 10.5. The Morgan fingerprint density at radius 3 is 2.55 bits per heavy atom. The van der Waals surface area contributed by atoms with Crippen molar-refractivity contribution in [1.29, 1.82) is 0 Å². The Morgan fingerprint density at radius 2 is 1.95 bits per heavy atom. The molecule has 4 amide bonds. The van der Waals surface area contributed by atoms with Crippen molar-refractivity contribution < 1.29 is 18.8 Å². The smallest absolute Gasteiger partial charge is 0.276 e. The number of imide groups is 2. The molecule has 0 atom stereocenters. The average Bonchev–Trinajstić information content (AvgIpc) is 3.15. The van der Waals surface area contributed by atoms with Crippen LogP contribution in [0.1, 0.15) is 18.4 Å². The number of urea groups is 1. The van der Waals surface area contributed by atoms with Crippen LogP contribution < -0.4 is 10.2 Å². The minimum Gasteiger partial charge on any atom is -0.276 e. The summed E-state index contributed by atoms with van der Waals surface area (Å²) in [5, 5.41) is 2.17. The van der Waals surface area contributed by atoms with E-state index in [1.165, 1.54) is 6.07 Å². The number of carbonyl (C=O) groups is 3. The van der Waals surface area contributed by atoms with Crippen molar-refractivity contribution in [2.24, 2.45) is 5.41 Å². The summed E-state index contributed by atoms with van der Waals surface area (Å²) in [6, 6.07) is 1.77. The SMILES string of the molecule is Cc1cc(Br)c(F)cc1N1C(=O)NC(=O)C2(CC2)C1=O. The van der Waals surface area contributed by atoms with Crippen LogP contribution in [-0.4, -0.2) is 17.8 Å². The van der Waals surface area contributed by atoms with Gasteiger partial charge in [-0.1, -0.05) is 0 Å². The van der Waals surface area contributed by atoms with Gasteiger partial charge in [0.05, 0.1) is 10.2 Å². The second-order valence-corrected chi connectivity index (χ2v) is 5.89. The number of benzene rings is 1. The average molecular weight is 341 g/mol. The summed E-state index contributed by atoms with van der Waals surface area (Å²) in [6.07, 6.45) is 0.832. The third kappa shape index (κ3) is 1.69. The lowest BCUT2D eigenvalue weighted by Crippen LogP contribution is -2.59. The van der Waals surface area contributed by atoms with Gasteiger partial charge in [0.25, 0.3) is 5.91 Å². The third-order valence-corrected chi connectivity index (χ3v) is 4.31. The fourth-order valence-corrected chi connectivity index (χ4v) is 2.80. The van der Waals surface area contributed by atoms with E-state index in [1.54, 1.807) is 6.92 Å². The van der Waals surface area contributed by atoms with Gasteiger partial charge in [-0.25, -0.2) is 14.1 Å². The first-order valence-corrected chi connectivity index (χ1v) is 6.82. The van der Waals surface area contributed by atoms with E-state index in [0.29, 0.717) is 18.4 Å². The predicted octanol–water partition coefficient (Wildman–Crippen LogP) is 2.26. The van der Waals surface area contributed by atoms with Gasteiger partial charge in [0.1, 0.15) is 11.2 Å². The zero-order valence-corrected chi connectivity index (χ0v) is 12.1. The highest BCUT2D eigenvalue weighted by Crippen LogP contribution is 2.50. The number of nitrogens with zero attached hydrogens (tertiary/aromatic N) is 1. The maximum Gasteiger partial charge on any atom is 0.335 e. The molecule has 5 nitrogen and oxygen atoms in total. The van der Waals surface area contributed by atoms with Crippen molar-refractivity contribution in [3.8, 4) is 0 Å². The molecule has 1 N–H and O–H groups in total. The highest BCUT2D eigenvalue weighted by molar-refractivity contribution is 9.10. The van der Waals surface area contributed by atoms with E-state index in [0.717, 1.165) is 11.0 Å². The minimum absolute atomic E-state index is 0.159. The molecule has 0 unspecified atom stereocenters. The molecular weight excluding hydrogens is 331 g/mol. The lowest BCUT2D eigenvalue weighted by Gasteiger charge is -2.31. The Balaban J connectivity index is 2.09. The number of anilines is 1. The molecule has 1 saturated heterocycles. The van der Waals surface area contributed by atoms with Gasteiger partial charge in [0.2, 0.25) is 5.91 Å². The molecule has 1 heterocycles. The van der Waals surface area contributed by atoms with Crippen LogP contribution in [0.4, 0.5) is 14.9 Å². The van der Waals surface area contributed by atoms with Crippen LogP contribution in [0.15, 0.2) is 16.6 Å². The standard InChI is InChI=1S/C13H10BrFN2O3/c1-6-4-7(14)8(15)5-9(6)17-11(19)13(2-3-13)10(18)16-12(17)20/h4-5H,2-3H2,1H3,(H,16,18,20).